The number of rotatable bonds is 7. The largest absolute Gasteiger partial charge is 0.436 e. The molecule has 1 amide bonds. The van der Waals surface area contributed by atoms with Crippen LogP contribution in [-0.4, -0.2) is 34.2 Å². The van der Waals surface area contributed by atoms with Crippen molar-refractivity contribution in [2.75, 3.05) is 13.6 Å². The van der Waals surface area contributed by atoms with E-state index in [0.29, 0.717) is 30.1 Å². The number of carbonyl (C=O) groups excluding carboxylic acids is 1. The molecule has 5 nitrogen and oxygen atoms in total. The first-order valence-electron chi connectivity index (χ1n) is 9.41. The van der Waals surface area contributed by atoms with Crippen LogP contribution in [-0.2, 0) is 11.2 Å². The maximum absolute atomic E-state index is 14.2. The third-order valence-corrected chi connectivity index (χ3v) is 4.73. The molecule has 3 aromatic rings. The fraction of sp³-hybridized carbons (Fsp3) is 0.273. The summed E-state index contributed by atoms with van der Waals surface area (Å²) in [5, 5.41) is 4.54. The van der Waals surface area contributed by atoms with Gasteiger partial charge in [0.2, 0.25) is 11.8 Å². The lowest BCUT2D eigenvalue weighted by atomic mass is 10.1. The molecule has 2 aromatic carbocycles. The van der Waals surface area contributed by atoms with Gasteiger partial charge in [0.15, 0.2) is 11.6 Å². The summed E-state index contributed by atoms with van der Waals surface area (Å²) in [6.45, 7) is 4.34. The second kappa shape index (κ2) is 8.86. The van der Waals surface area contributed by atoms with E-state index in [2.05, 4.69) is 5.10 Å². The summed E-state index contributed by atoms with van der Waals surface area (Å²) in [7, 11) is 1.74. The van der Waals surface area contributed by atoms with Crippen LogP contribution in [0, 0.1) is 18.6 Å². The molecule has 0 saturated carbocycles. The lowest BCUT2D eigenvalue weighted by Crippen LogP contribution is -2.26. The van der Waals surface area contributed by atoms with Crippen LogP contribution in [0.2, 0.25) is 0 Å². The number of para-hydroxylation sites is 1. The number of benzene rings is 2. The number of aryl methyl sites for hydroxylation is 1. The van der Waals surface area contributed by atoms with Crippen molar-refractivity contribution in [1.82, 2.24) is 14.7 Å². The number of carbonyl (C=O) groups is 1. The number of halogens is 2. The molecule has 3 rings (SSSR count). The highest BCUT2D eigenvalue weighted by atomic mass is 19.1. The lowest BCUT2D eigenvalue weighted by molar-refractivity contribution is -0.129. The second-order valence-corrected chi connectivity index (χ2v) is 6.70. The van der Waals surface area contributed by atoms with Gasteiger partial charge in [0.1, 0.15) is 5.82 Å². The minimum absolute atomic E-state index is 0.00160. The molecule has 0 N–H and O–H groups in total. The van der Waals surface area contributed by atoms with E-state index in [1.165, 1.54) is 6.07 Å². The predicted octanol–water partition coefficient (Wildman–Crippen LogP) is 4.66. The summed E-state index contributed by atoms with van der Waals surface area (Å²) in [4.78, 5) is 13.9. The smallest absolute Gasteiger partial charge is 0.226 e. The van der Waals surface area contributed by atoms with Crippen molar-refractivity contribution in [2.24, 2.45) is 0 Å². The van der Waals surface area contributed by atoms with Gasteiger partial charge in [-0.2, -0.15) is 5.10 Å². The molecule has 0 atom stereocenters. The Bertz CT molecular complexity index is 1000. The number of aromatic nitrogens is 2. The Kier molecular flexibility index (Phi) is 6.26. The van der Waals surface area contributed by atoms with Crippen LogP contribution in [0.25, 0.3) is 5.69 Å². The highest BCUT2D eigenvalue weighted by Crippen LogP contribution is 2.33. The van der Waals surface area contributed by atoms with Gasteiger partial charge in [0.25, 0.3) is 0 Å². The molecule has 0 saturated heterocycles. The lowest BCUT2D eigenvalue weighted by Gasteiger charge is -2.15. The van der Waals surface area contributed by atoms with Crippen molar-refractivity contribution in [3.05, 3.63) is 71.4 Å². The average molecular weight is 399 g/mol. The number of hydrogen-bond donors (Lipinski definition) is 0. The Balaban J connectivity index is 2.01. The Hall–Kier alpha value is -3.22. The molecule has 0 aliphatic rings. The van der Waals surface area contributed by atoms with Gasteiger partial charge in [-0.3, -0.25) is 4.79 Å². The Morgan fingerprint density at radius 1 is 1.17 bits per heavy atom. The maximum atomic E-state index is 14.2. The SMILES string of the molecule is CCN(C)C(=O)CCc1c(C)nn(-c2ccccc2)c1Oc1ccc(F)cc1F. The molecule has 7 heteroatoms. The van der Waals surface area contributed by atoms with E-state index < -0.39 is 11.6 Å². The third-order valence-electron chi connectivity index (χ3n) is 4.73. The van der Waals surface area contributed by atoms with Crippen LogP contribution in [0.4, 0.5) is 8.78 Å². The average Bonchev–Trinajstić information content (AvgIpc) is 3.03. The van der Waals surface area contributed by atoms with Crippen LogP contribution in [0.3, 0.4) is 0 Å². The fourth-order valence-electron chi connectivity index (χ4n) is 2.94. The van der Waals surface area contributed by atoms with Crippen molar-refractivity contribution >= 4 is 5.91 Å². The van der Waals surface area contributed by atoms with E-state index in [1.807, 2.05) is 44.2 Å². The van der Waals surface area contributed by atoms with E-state index in [0.717, 1.165) is 17.8 Å². The van der Waals surface area contributed by atoms with Crippen molar-refractivity contribution in [2.45, 2.75) is 26.7 Å². The van der Waals surface area contributed by atoms with Gasteiger partial charge in [-0.1, -0.05) is 18.2 Å². The van der Waals surface area contributed by atoms with Gasteiger partial charge < -0.3 is 9.64 Å². The first kappa shape index (κ1) is 20.5. The third kappa shape index (κ3) is 4.62. The molecule has 0 bridgehead atoms. The molecule has 1 heterocycles. The van der Waals surface area contributed by atoms with E-state index in [1.54, 1.807) is 16.6 Å². The number of amides is 1. The molecule has 0 aliphatic heterocycles. The maximum Gasteiger partial charge on any atom is 0.226 e. The zero-order valence-electron chi connectivity index (χ0n) is 16.7. The number of hydrogen-bond acceptors (Lipinski definition) is 3. The second-order valence-electron chi connectivity index (χ2n) is 6.70. The monoisotopic (exact) mass is 399 g/mol. The van der Waals surface area contributed by atoms with Crippen LogP contribution < -0.4 is 4.74 Å². The highest BCUT2D eigenvalue weighted by Gasteiger charge is 2.21. The molecular formula is C22H23F2N3O2. The summed E-state index contributed by atoms with van der Waals surface area (Å²) in [6.07, 6.45) is 0.661. The molecule has 0 radical (unpaired) electrons. The van der Waals surface area contributed by atoms with Crippen molar-refractivity contribution in [3.8, 4) is 17.3 Å². The van der Waals surface area contributed by atoms with Gasteiger partial charge in [0.05, 0.1) is 11.4 Å². The van der Waals surface area contributed by atoms with Gasteiger partial charge in [-0.05, 0) is 44.5 Å². The van der Waals surface area contributed by atoms with Crippen molar-refractivity contribution in [3.63, 3.8) is 0 Å². The van der Waals surface area contributed by atoms with Gasteiger partial charge >= 0.3 is 0 Å². The van der Waals surface area contributed by atoms with Crippen molar-refractivity contribution < 1.29 is 18.3 Å². The van der Waals surface area contributed by atoms with Crippen molar-refractivity contribution in [1.29, 1.82) is 0 Å². The Morgan fingerprint density at radius 3 is 2.55 bits per heavy atom. The molecule has 0 fully saturated rings. The normalized spacial score (nSPS) is 10.8. The summed E-state index contributed by atoms with van der Waals surface area (Å²) < 4.78 is 34.9. The van der Waals surface area contributed by atoms with Gasteiger partial charge in [0, 0.05) is 31.6 Å². The molecule has 1 aromatic heterocycles. The summed E-state index contributed by atoms with van der Waals surface area (Å²) in [5.41, 5.74) is 2.12. The van der Waals surface area contributed by atoms with Gasteiger partial charge in [-0.25, -0.2) is 13.5 Å². The fourth-order valence-corrected chi connectivity index (χ4v) is 2.94. The Labute approximate surface area is 168 Å². The molecule has 0 spiro atoms. The van der Waals surface area contributed by atoms with Crippen LogP contribution >= 0.6 is 0 Å². The van der Waals surface area contributed by atoms with Gasteiger partial charge in [-0.15, -0.1) is 0 Å². The Morgan fingerprint density at radius 2 is 1.90 bits per heavy atom. The van der Waals surface area contributed by atoms with Crippen LogP contribution in [0.1, 0.15) is 24.6 Å². The molecule has 0 aliphatic carbocycles. The highest BCUT2D eigenvalue weighted by molar-refractivity contribution is 5.76. The van der Waals surface area contributed by atoms with Crippen LogP contribution in [0.15, 0.2) is 48.5 Å². The molecule has 0 unspecified atom stereocenters. The zero-order valence-corrected chi connectivity index (χ0v) is 16.7. The molecular weight excluding hydrogens is 376 g/mol. The summed E-state index contributed by atoms with van der Waals surface area (Å²) in [5.74, 6) is -1.29. The predicted molar refractivity (Wildman–Crippen MR) is 106 cm³/mol. The molecule has 152 valence electrons. The first-order valence-corrected chi connectivity index (χ1v) is 9.41. The summed E-state index contributed by atoms with van der Waals surface area (Å²) >= 11 is 0. The first-order chi connectivity index (χ1) is 13.9. The number of nitrogens with zero attached hydrogens (tertiary/aromatic N) is 3. The molecule has 29 heavy (non-hydrogen) atoms. The van der Waals surface area contributed by atoms with E-state index in [4.69, 9.17) is 4.74 Å². The summed E-state index contributed by atoms with van der Waals surface area (Å²) in [6, 6.07) is 12.4. The van der Waals surface area contributed by atoms with E-state index in [-0.39, 0.29) is 18.1 Å². The van der Waals surface area contributed by atoms with E-state index in [9.17, 15) is 13.6 Å². The minimum atomic E-state index is -0.809. The van der Waals surface area contributed by atoms with E-state index >= 15 is 0 Å². The number of ether oxygens (including phenoxy) is 1. The minimum Gasteiger partial charge on any atom is -0.436 e. The quantitative estimate of drug-likeness (QED) is 0.580. The van der Waals surface area contributed by atoms with Crippen LogP contribution in [0.5, 0.6) is 11.6 Å². The zero-order chi connectivity index (χ0) is 21.0. The standard InChI is InChI=1S/C22H23F2N3O2/c1-4-26(3)21(28)13-11-18-15(2)25-27(17-8-6-5-7-9-17)22(18)29-20-12-10-16(23)14-19(20)24/h5-10,12,14H,4,11,13H2,1-3H3. The topological polar surface area (TPSA) is 47.4 Å².